The number of halogens is 1. The molecule has 0 spiro atoms. The van der Waals surface area contributed by atoms with Crippen molar-refractivity contribution < 1.29 is 19.1 Å². The molecule has 1 aliphatic rings. The summed E-state index contributed by atoms with van der Waals surface area (Å²) in [5, 5.41) is 3.42. The maximum atomic E-state index is 13.4. The Morgan fingerprint density at radius 1 is 1.21 bits per heavy atom. The third-order valence-corrected chi connectivity index (χ3v) is 4.81. The van der Waals surface area contributed by atoms with E-state index in [1.807, 2.05) is 19.1 Å². The van der Waals surface area contributed by atoms with Crippen LogP contribution in [0.25, 0.3) is 0 Å². The molecular formula is C22H25ClN2O4. The van der Waals surface area contributed by atoms with Gasteiger partial charge in [-0.3, -0.25) is 9.59 Å². The van der Waals surface area contributed by atoms with E-state index in [4.69, 9.17) is 21.1 Å². The average molecular weight is 417 g/mol. The molecule has 1 N–H and O–H groups in total. The van der Waals surface area contributed by atoms with Crippen molar-refractivity contribution in [1.82, 2.24) is 5.32 Å². The highest BCUT2D eigenvalue weighted by atomic mass is 35.5. The minimum atomic E-state index is -1.16. The monoisotopic (exact) mass is 416 g/mol. The first-order valence-corrected chi connectivity index (χ1v) is 9.99. The summed E-state index contributed by atoms with van der Waals surface area (Å²) in [6, 6.07) is 14.0. The quantitative estimate of drug-likeness (QED) is 0.777. The molecule has 3 rings (SSSR count). The maximum absolute atomic E-state index is 13.4. The molecule has 0 aliphatic carbocycles. The second-order valence-corrected chi connectivity index (χ2v) is 7.78. The average Bonchev–Trinajstić information content (AvgIpc) is 2.72. The minimum absolute atomic E-state index is 0.110. The third kappa shape index (κ3) is 4.82. The smallest absolute Gasteiger partial charge is 0.270 e. The fourth-order valence-electron chi connectivity index (χ4n) is 3.09. The second kappa shape index (κ2) is 8.74. The van der Waals surface area contributed by atoms with Crippen molar-refractivity contribution in [1.29, 1.82) is 0 Å². The van der Waals surface area contributed by atoms with Crippen LogP contribution in [0, 0.1) is 0 Å². The predicted octanol–water partition coefficient (Wildman–Crippen LogP) is 3.82. The molecular weight excluding hydrogens is 392 g/mol. The molecule has 6 nitrogen and oxygen atoms in total. The normalized spacial score (nSPS) is 15.9. The van der Waals surface area contributed by atoms with Gasteiger partial charge >= 0.3 is 0 Å². The van der Waals surface area contributed by atoms with Crippen LogP contribution in [0.15, 0.2) is 48.5 Å². The lowest BCUT2D eigenvalue weighted by molar-refractivity contribution is -0.133. The van der Waals surface area contributed by atoms with Crippen LogP contribution in [0.1, 0.15) is 27.2 Å². The molecule has 2 aromatic carbocycles. The van der Waals surface area contributed by atoms with Gasteiger partial charge in [0.25, 0.3) is 11.8 Å². The van der Waals surface area contributed by atoms with E-state index in [1.165, 1.54) is 0 Å². The number of para-hydroxylation sites is 2. The van der Waals surface area contributed by atoms with Crippen molar-refractivity contribution >= 4 is 29.1 Å². The number of anilines is 1. The second-order valence-electron chi connectivity index (χ2n) is 7.35. The van der Waals surface area contributed by atoms with Gasteiger partial charge in [0, 0.05) is 11.6 Å². The van der Waals surface area contributed by atoms with E-state index >= 15 is 0 Å². The van der Waals surface area contributed by atoms with Crippen LogP contribution in [-0.4, -0.2) is 36.6 Å². The summed E-state index contributed by atoms with van der Waals surface area (Å²) in [6.07, 6.45) is 0.0337. The Bertz CT molecular complexity index is 883. The van der Waals surface area contributed by atoms with Crippen LogP contribution in [0.5, 0.6) is 11.5 Å². The third-order valence-electron chi connectivity index (χ3n) is 4.56. The van der Waals surface area contributed by atoms with Gasteiger partial charge in [-0.2, -0.15) is 0 Å². The van der Waals surface area contributed by atoms with Crippen LogP contribution >= 0.6 is 11.6 Å². The minimum Gasteiger partial charge on any atom is -0.478 e. The zero-order valence-corrected chi connectivity index (χ0v) is 17.5. The van der Waals surface area contributed by atoms with Crippen LogP contribution in [0.2, 0.25) is 5.02 Å². The van der Waals surface area contributed by atoms with Crippen LogP contribution in [-0.2, 0) is 9.59 Å². The summed E-state index contributed by atoms with van der Waals surface area (Å²) in [5.74, 6) is 0.518. The van der Waals surface area contributed by atoms with Crippen LogP contribution < -0.4 is 19.7 Å². The molecule has 0 saturated heterocycles. The lowest BCUT2D eigenvalue weighted by atomic mass is 10.0. The van der Waals surface area contributed by atoms with Gasteiger partial charge in [-0.05, 0) is 56.7 Å². The Balaban J connectivity index is 1.85. The number of carbonyl (C=O) groups excluding carboxylic acids is 2. The largest absolute Gasteiger partial charge is 0.478 e. The zero-order chi connectivity index (χ0) is 21.0. The lowest BCUT2D eigenvalue weighted by Gasteiger charge is -2.38. The SMILES string of the molecule is CCCNC(=O)[C@@H]1CN(C(=O)C(C)(C)Oc2ccc(Cl)cc2)c2ccccc2O1. The first-order chi connectivity index (χ1) is 13.8. The molecule has 0 fully saturated rings. The molecule has 2 aromatic rings. The van der Waals surface area contributed by atoms with E-state index in [0.717, 1.165) is 6.42 Å². The number of benzene rings is 2. The number of ether oxygens (including phenoxy) is 2. The summed E-state index contributed by atoms with van der Waals surface area (Å²) in [5.41, 5.74) is -0.548. The highest BCUT2D eigenvalue weighted by Crippen LogP contribution is 2.35. The number of carbonyl (C=O) groups is 2. The number of nitrogens with zero attached hydrogens (tertiary/aromatic N) is 1. The topological polar surface area (TPSA) is 67.9 Å². The summed E-state index contributed by atoms with van der Waals surface area (Å²) < 4.78 is 11.8. The highest BCUT2D eigenvalue weighted by molar-refractivity contribution is 6.30. The van der Waals surface area contributed by atoms with Gasteiger partial charge in [0.15, 0.2) is 11.7 Å². The number of amides is 2. The number of nitrogens with one attached hydrogen (secondary N) is 1. The van der Waals surface area contributed by atoms with Gasteiger partial charge in [-0.25, -0.2) is 0 Å². The molecule has 7 heteroatoms. The number of rotatable bonds is 6. The Kier molecular flexibility index (Phi) is 6.33. The van der Waals surface area contributed by atoms with Gasteiger partial charge in [-0.15, -0.1) is 0 Å². The van der Waals surface area contributed by atoms with Gasteiger partial charge in [-0.1, -0.05) is 30.7 Å². The summed E-state index contributed by atoms with van der Waals surface area (Å²) >= 11 is 5.92. The van der Waals surface area contributed by atoms with Crippen molar-refractivity contribution in [2.24, 2.45) is 0 Å². The fourth-order valence-corrected chi connectivity index (χ4v) is 3.22. The number of hydrogen-bond donors (Lipinski definition) is 1. The van der Waals surface area contributed by atoms with E-state index in [0.29, 0.717) is 28.8 Å². The lowest BCUT2D eigenvalue weighted by Crippen LogP contribution is -2.56. The van der Waals surface area contributed by atoms with Crippen molar-refractivity contribution in [3.05, 3.63) is 53.6 Å². The first-order valence-electron chi connectivity index (χ1n) is 9.62. The Morgan fingerprint density at radius 2 is 1.90 bits per heavy atom. The van der Waals surface area contributed by atoms with E-state index < -0.39 is 11.7 Å². The molecule has 0 saturated carbocycles. The number of fused-ring (bicyclic) bond motifs is 1. The summed E-state index contributed by atoms with van der Waals surface area (Å²) in [4.78, 5) is 27.5. The Morgan fingerprint density at radius 3 is 2.59 bits per heavy atom. The molecule has 1 atom stereocenters. The Hall–Kier alpha value is -2.73. The van der Waals surface area contributed by atoms with Crippen LogP contribution in [0.4, 0.5) is 5.69 Å². The zero-order valence-electron chi connectivity index (χ0n) is 16.8. The fraction of sp³-hybridized carbons (Fsp3) is 0.364. The number of hydrogen-bond acceptors (Lipinski definition) is 4. The molecule has 29 heavy (non-hydrogen) atoms. The predicted molar refractivity (Wildman–Crippen MR) is 113 cm³/mol. The standard InChI is InChI=1S/C22H25ClN2O4/c1-4-13-24-20(26)19-14-25(17-7-5-6-8-18(17)28-19)21(27)22(2,3)29-16-11-9-15(23)10-12-16/h5-12,19H,4,13-14H2,1-3H3,(H,24,26)/t19-/m0/s1. The summed E-state index contributed by atoms with van der Waals surface area (Å²) in [6.45, 7) is 6.05. The molecule has 154 valence electrons. The van der Waals surface area contributed by atoms with Crippen molar-refractivity contribution in [2.75, 3.05) is 18.0 Å². The molecule has 0 aromatic heterocycles. The molecule has 1 heterocycles. The van der Waals surface area contributed by atoms with Gasteiger partial charge < -0.3 is 19.7 Å². The van der Waals surface area contributed by atoms with Gasteiger partial charge in [0.2, 0.25) is 0 Å². The van der Waals surface area contributed by atoms with Crippen molar-refractivity contribution in [3.63, 3.8) is 0 Å². The summed E-state index contributed by atoms with van der Waals surface area (Å²) in [7, 11) is 0. The molecule has 0 radical (unpaired) electrons. The first kappa shape index (κ1) is 21.0. The van der Waals surface area contributed by atoms with E-state index in [2.05, 4.69) is 5.32 Å². The van der Waals surface area contributed by atoms with E-state index in [1.54, 1.807) is 55.1 Å². The van der Waals surface area contributed by atoms with E-state index in [9.17, 15) is 9.59 Å². The highest BCUT2D eigenvalue weighted by Gasteiger charge is 2.41. The van der Waals surface area contributed by atoms with Crippen molar-refractivity contribution in [2.45, 2.75) is 38.9 Å². The molecule has 0 bridgehead atoms. The molecule has 2 amide bonds. The van der Waals surface area contributed by atoms with Crippen molar-refractivity contribution in [3.8, 4) is 11.5 Å². The van der Waals surface area contributed by atoms with E-state index in [-0.39, 0.29) is 18.4 Å². The Labute approximate surface area is 175 Å². The molecule has 1 aliphatic heterocycles. The molecule has 0 unspecified atom stereocenters. The van der Waals surface area contributed by atoms with Gasteiger partial charge in [0.1, 0.15) is 11.5 Å². The maximum Gasteiger partial charge on any atom is 0.270 e. The van der Waals surface area contributed by atoms with Crippen LogP contribution in [0.3, 0.4) is 0 Å². The van der Waals surface area contributed by atoms with Gasteiger partial charge in [0.05, 0.1) is 12.2 Å².